The molecule has 308 valence electrons. The van der Waals surface area contributed by atoms with Crippen LogP contribution in [0.25, 0.3) is 0 Å². The minimum atomic E-state index is -0.954. The summed E-state index contributed by atoms with van der Waals surface area (Å²) in [6.07, 6.45) is 37.9. The van der Waals surface area contributed by atoms with Crippen molar-refractivity contribution in [3.8, 4) is 0 Å². The van der Waals surface area contributed by atoms with Crippen molar-refractivity contribution in [1.29, 1.82) is 0 Å². The van der Waals surface area contributed by atoms with Gasteiger partial charge < -0.3 is 40.2 Å². The number of carboxylic acid groups (broad SMARTS) is 1. The third-order valence-corrected chi connectivity index (χ3v) is 9.04. The van der Waals surface area contributed by atoms with Gasteiger partial charge in [0.15, 0.2) is 0 Å². The Balaban J connectivity index is -0.000000382. The number of carbonyl (C=O) groups is 2. The molecule has 0 heterocycles. The molecule has 0 aliphatic heterocycles. The van der Waals surface area contributed by atoms with Gasteiger partial charge in [-0.25, -0.2) is 0 Å². The van der Waals surface area contributed by atoms with Crippen LogP contribution in [0.4, 0.5) is 0 Å². The molecule has 0 radical (unpaired) electrons. The summed E-state index contributed by atoms with van der Waals surface area (Å²) in [6, 6.07) is 0. The van der Waals surface area contributed by atoms with Gasteiger partial charge in [-0.3, -0.25) is 4.79 Å². The first kappa shape index (κ1) is 58.4. The number of aliphatic hydroxyl groups excluding tert-OH is 5. The Kier molecular flexibility index (Phi) is 59.4. The maximum atomic E-state index is 11.4. The SMILES string of the molecule is CCCCCCCCCCCCCCCCCC(=O)OCC(O)CO.CCCCCCCCCCCCCCCCCC(=O)[O-].OCC(O)CO.[Na+]. The van der Waals surface area contributed by atoms with E-state index in [4.69, 9.17) is 30.3 Å². The van der Waals surface area contributed by atoms with E-state index in [9.17, 15) is 14.7 Å². The van der Waals surface area contributed by atoms with E-state index in [1.54, 1.807) is 0 Å². The zero-order valence-electron chi connectivity index (χ0n) is 34.5. The molecule has 10 heteroatoms. The third kappa shape index (κ3) is 59.0. The number of carboxylic acids is 1. The summed E-state index contributed by atoms with van der Waals surface area (Å²) >= 11 is 0. The molecule has 0 saturated heterocycles. The first-order chi connectivity index (χ1) is 24.8. The number of hydrogen-bond acceptors (Lipinski definition) is 9. The van der Waals surface area contributed by atoms with Gasteiger partial charge in [0.1, 0.15) is 18.8 Å². The molecule has 0 aromatic heterocycles. The van der Waals surface area contributed by atoms with E-state index in [0.29, 0.717) is 6.42 Å². The van der Waals surface area contributed by atoms with Crippen molar-refractivity contribution in [2.24, 2.45) is 0 Å². The monoisotopic (exact) mass is 757 g/mol. The second-order valence-corrected chi connectivity index (χ2v) is 14.3. The maximum Gasteiger partial charge on any atom is 1.00 e. The fourth-order valence-electron chi connectivity index (χ4n) is 5.65. The van der Waals surface area contributed by atoms with Crippen LogP contribution in [0.2, 0.25) is 0 Å². The topological polar surface area (TPSA) is 168 Å². The zero-order valence-corrected chi connectivity index (χ0v) is 36.5. The van der Waals surface area contributed by atoms with Gasteiger partial charge in [0.05, 0.1) is 19.8 Å². The summed E-state index contributed by atoms with van der Waals surface area (Å²) in [7, 11) is 0. The molecule has 5 N–H and O–H groups in total. The molecule has 0 spiro atoms. The largest absolute Gasteiger partial charge is 1.00 e. The van der Waals surface area contributed by atoms with Crippen molar-refractivity contribution in [1.82, 2.24) is 0 Å². The van der Waals surface area contributed by atoms with E-state index in [-0.39, 0.29) is 68.4 Å². The Hall–Kier alpha value is -0.260. The predicted octanol–water partition coefficient (Wildman–Crippen LogP) is 5.48. The van der Waals surface area contributed by atoms with E-state index in [1.165, 1.54) is 167 Å². The summed E-state index contributed by atoms with van der Waals surface area (Å²) in [6.45, 7) is 3.33. The summed E-state index contributed by atoms with van der Waals surface area (Å²) < 4.78 is 4.86. The van der Waals surface area contributed by atoms with E-state index in [0.717, 1.165) is 25.7 Å². The molecule has 0 aliphatic rings. The van der Waals surface area contributed by atoms with Crippen LogP contribution in [0.3, 0.4) is 0 Å². The quantitative estimate of drug-likeness (QED) is 0.0314. The van der Waals surface area contributed by atoms with Crippen LogP contribution in [0.15, 0.2) is 0 Å². The molecule has 0 aromatic rings. The molecule has 0 rings (SSSR count). The van der Waals surface area contributed by atoms with Gasteiger partial charge in [-0.05, 0) is 19.3 Å². The second-order valence-electron chi connectivity index (χ2n) is 14.3. The molecule has 1 atom stereocenters. The van der Waals surface area contributed by atoms with Crippen molar-refractivity contribution in [3.63, 3.8) is 0 Å². The normalized spacial score (nSPS) is 11.2. The average molecular weight is 757 g/mol. The molecule has 0 amide bonds. The Bertz CT molecular complexity index is 665. The maximum absolute atomic E-state index is 11.4. The van der Waals surface area contributed by atoms with Crippen molar-refractivity contribution in [2.75, 3.05) is 26.4 Å². The number of aliphatic hydroxyl groups is 5. The van der Waals surface area contributed by atoms with Gasteiger partial charge >= 0.3 is 35.5 Å². The molecule has 0 saturated carbocycles. The molecule has 0 aromatic carbocycles. The van der Waals surface area contributed by atoms with Crippen LogP contribution in [0.1, 0.15) is 219 Å². The number of rotatable bonds is 37. The standard InChI is InChI=1S/C21H42O4.C18H36O2.C3H8O3.Na/c1-2-3-4-5-6-7-8-9-10-11-12-13-14-15-16-17-21(24)25-19-20(23)18-22;1-2-3-4-5-6-7-8-9-10-11-12-13-14-15-16-17-18(19)20;4-1-3(6)2-5;/h20,22-23H,2-19H2,1H3;2-17H2,1H3,(H,19,20);3-6H,1-2H2;/q;;;+1/p-1. The number of aliphatic carboxylic acids is 1. The van der Waals surface area contributed by atoms with Gasteiger partial charge in [0, 0.05) is 12.4 Å². The summed E-state index contributed by atoms with van der Waals surface area (Å²) in [5, 5.41) is 51.9. The van der Waals surface area contributed by atoms with Crippen molar-refractivity contribution < 1.29 is 74.5 Å². The van der Waals surface area contributed by atoms with Crippen LogP contribution >= 0.6 is 0 Å². The van der Waals surface area contributed by atoms with Crippen LogP contribution in [-0.2, 0) is 14.3 Å². The minimum Gasteiger partial charge on any atom is -0.550 e. The Morgan fingerprint density at radius 2 is 0.692 bits per heavy atom. The van der Waals surface area contributed by atoms with Crippen molar-refractivity contribution in [2.45, 2.75) is 232 Å². The van der Waals surface area contributed by atoms with Crippen molar-refractivity contribution in [3.05, 3.63) is 0 Å². The Labute approximate surface area is 342 Å². The average Bonchev–Trinajstić information content (AvgIpc) is 3.13. The fraction of sp³-hybridized carbons (Fsp3) is 0.952. The van der Waals surface area contributed by atoms with Crippen LogP contribution in [-0.4, -0.2) is 76.1 Å². The first-order valence-electron chi connectivity index (χ1n) is 21.3. The summed E-state index contributed by atoms with van der Waals surface area (Å²) in [4.78, 5) is 21.6. The number of ether oxygens (including phenoxy) is 1. The Morgan fingerprint density at radius 1 is 0.442 bits per heavy atom. The molecule has 1 unspecified atom stereocenters. The van der Waals surface area contributed by atoms with Crippen molar-refractivity contribution >= 4 is 11.9 Å². The van der Waals surface area contributed by atoms with Gasteiger partial charge in [0.2, 0.25) is 0 Å². The summed E-state index contributed by atoms with van der Waals surface area (Å²) in [5.41, 5.74) is 0. The van der Waals surface area contributed by atoms with E-state index < -0.39 is 18.2 Å². The first-order valence-corrected chi connectivity index (χ1v) is 21.3. The molecule has 52 heavy (non-hydrogen) atoms. The van der Waals surface area contributed by atoms with Crippen LogP contribution in [0, 0.1) is 0 Å². The smallest absolute Gasteiger partial charge is 0.550 e. The second kappa shape index (κ2) is 52.8. The number of hydrogen-bond donors (Lipinski definition) is 5. The van der Waals surface area contributed by atoms with Crippen LogP contribution in [0.5, 0.6) is 0 Å². The third-order valence-electron chi connectivity index (χ3n) is 9.04. The van der Waals surface area contributed by atoms with E-state index in [2.05, 4.69) is 13.8 Å². The molecular formula is C42H85NaO9. The predicted molar refractivity (Wildman–Crippen MR) is 208 cm³/mol. The molecular weight excluding hydrogens is 671 g/mol. The number of carbonyl (C=O) groups excluding carboxylic acids is 2. The van der Waals surface area contributed by atoms with E-state index >= 15 is 0 Å². The number of esters is 1. The molecule has 0 bridgehead atoms. The summed E-state index contributed by atoms with van der Waals surface area (Å²) in [5.74, 6) is -1.18. The Morgan fingerprint density at radius 3 is 0.923 bits per heavy atom. The van der Waals surface area contributed by atoms with Gasteiger partial charge in [-0.1, -0.05) is 194 Å². The van der Waals surface area contributed by atoms with Gasteiger partial charge in [0.25, 0.3) is 0 Å². The van der Waals surface area contributed by atoms with Gasteiger partial charge in [-0.2, -0.15) is 0 Å². The number of unbranched alkanes of at least 4 members (excludes halogenated alkanes) is 28. The van der Waals surface area contributed by atoms with Gasteiger partial charge in [-0.15, -0.1) is 0 Å². The molecule has 0 fully saturated rings. The fourth-order valence-corrected chi connectivity index (χ4v) is 5.65. The van der Waals surface area contributed by atoms with Crippen LogP contribution < -0.4 is 34.7 Å². The van der Waals surface area contributed by atoms with E-state index in [1.807, 2.05) is 0 Å². The molecule has 9 nitrogen and oxygen atoms in total. The minimum absolute atomic E-state index is 0. The zero-order chi connectivity index (χ0) is 38.5. The molecule has 0 aliphatic carbocycles.